The predicted octanol–water partition coefficient (Wildman–Crippen LogP) is 3.44. The van der Waals surface area contributed by atoms with E-state index >= 15 is 0 Å². The first-order chi connectivity index (χ1) is 8.29. The lowest BCUT2D eigenvalue weighted by atomic mass is 10.1. The number of hydrogen-bond acceptors (Lipinski definition) is 3. The summed E-state index contributed by atoms with van der Waals surface area (Å²) in [5, 5.41) is 2.12. The zero-order valence-electron chi connectivity index (χ0n) is 9.86. The largest absolute Gasteiger partial charge is 0.458 e. The molecule has 0 radical (unpaired) electrons. The number of aromatic nitrogens is 1. The van der Waals surface area contributed by atoms with Crippen LogP contribution in [0.4, 0.5) is 0 Å². The zero-order chi connectivity index (χ0) is 11.8. The molecule has 0 saturated carbocycles. The van der Waals surface area contributed by atoms with Crippen LogP contribution < -0.4 is 0 Å². The van der Waals surface area contributed by atoms with Crippen molar-refractivity contribution in [3.8, 4) is 0 Å². The highest BCUT2D eigenvalue weighted by Crippen LogP contribution is 2.29. The molecule has 3 heteroatoms. The second-order valence-corrected chi connectivity index (χ2v) is 4.10. The summed E-state index contributed by atoms with van der Waals surface area (Å²) in [7, 11) is 1.66. The first-order valence-electron chi connectivity index (χ1n) is 5.56. The molecule has 0 aliphatic carbocycles. The van der Waals surface area contributed by atoms with Crippen LogP contribution in [-0.2, 0) is 11.3 Å². The minimum atomic E-state index is 0.489. The summed E-state index contributed by atoms with van der Waals surface area (Å²) in [6.45, 7) is 2.49. The standard InChI is InChI=1S/C14H13NO2/c1-9-12-7-10(8-16-2)17-14(12)11-5-3-4-6-13(11)15-9/h3-7H,8H2,1-2H3. The number of nitrogens with zero attached hydrogens (tertiary/aromatic N) is 1. The number of furan rings is 1. The predicted molar refractivity (Wildman–Crippen MR) is 67.0 cm³/mol. The molecule has 2 heterocycles. The maximum absolute atomic E-state index is 5.84. The molecular formula is C14H13NO2. The number of fused-ring (bicyclic) bond motifs is 3. The Kier molecular flexibility index (Phi) is 2.34. The van der Waals surface area contributed by atoms with Crippen LogP contribution in [0.3, 0.4) is 0 Å². The SMILES string of the molecule is COCc1cc2c(C)nc3ccccc3c2o1. The van der Waals surface area contributed by atoms with Crippen LogP contribution in [0.2, 0.25) is 0 Å². The van der Waals surface area contributed by atoms with Crippen molar-refractivity contribution in [1.29, 1.82) is 0 Å². The normalized spacial score (nSPS) is 11.4. The third-order valence-corrected chi connectivity index (χ3v) is 2.90. The van der Waals surface area contributed by atoms with Gasteiger partial charge in [-0.25, -0.2) is 0 Å². The van der Waals surface area contributed by atoms with E-state index in [9.17, 15) is 0 Å². The van der Waals surface area contributed by atoms with Gasteiger partial charge in [-0.2, -0.15) is 0 Å². The third-order valence-electron chi connectivity index (χ3n) is 2.90. The van der Waals surface area contributed by atoms with E-state index in [1.807, 2.05) is 37.3 Å². The van der Waals surface area contributed by atoms with Crippen LogP contribution in [0.1, 0.15) is 11.5 Å². The maximum Gasteiger partial charge on any atom is 0.145 e. The van der Waals surface area contributed by atoms with Gasteiger partial charge in [-0.3, -0.25) is 4.98 Å². The Balaban J connectivity index is 2.39. The summed E-state index contributed by atoms with van der Waals surface area (Å²) in [6.07, 6.45) is 0. The van der Waals surface area contributed by atoms with Crippen LogP contribution in [0, 0.1) is 6.92 Å². The number of ether oxygens (including phenoxy) is 1. The van der Waals surface area contributed by atoms with E-state index in [2.05, 4.69) is 4.98 Å². The van der Waals surface area contributed by atoms with E-state index in [-0.39, 0.29) is 0 Å². The number of para-hydroxylation sites is 1. The van der Waals surface area contributed by atoms with Gasteiger partial charge in [-0.15, -0.1) is 0 Å². The molecular weight excluding hydrogens is 214 g/mol. The van der Waals surface area contributed by atoms with Gasteiger partial charge in [0.25, 0.3) is 0 Å². The summed E-state index contributed by atoms with van der Waals surface area (Å²) < 4.78 is 10.9. The fourth-order valence-electron chi connectivity index (χ4n) is 2.13. The summed E-state index contributed by atoms with van der Waals surface area (Å²) in [5.74, 6) is 0.837. The van der Waals surface area contributed by atoms with Crippen molar-refractivity contribution in [1.82, 2.24) is 4.98 Å². The highest BCUT2D eigenvalue weighted by Gasteiger charge is 2.10. The molecule has 0 amide bonds. The first kappa shape index (κ1) is 10.3. The van der Waals surface area contributed by atoms with E-state index in [0.717, 1.165) is 33.3 Å². The van der Waals surface area contributed by atoms with E-state index < -0.39 is 0 Å². The number of hydrogen-bond donors (Lipinski definition) is 0. The van der Waals surface area contributed by atoms with E-state index in [0.29, 0.717) is 6.61 Å². The summed E-state index contributed by atoms with van der Waals surface area (Å²) >= 11 is 0. The van der Waals surface area contributed by atoms with Crippen molar-refractivity contribution in [2.24, 2.45) is 0 Å². The molecule has 2 aromatic heterocycles. The van der Waals surface area contributed by atoms with Gasteiger partial charge in [-0.1, -0.05) is 12.1 Å². The summed E-state index contributed by atoms with van der Waals surface area (Å²) in [4.78, 5) is 4.58. The van der Waals surface area contributed by atoms with Gasteiger partial charge in [0.2, 0.25) is 0 Å². The van der Waals surface area contributed by atoms with E-state index in [1.54, 1.807) is 7.11 Å². The van der Waals surface area contributed by atoms with Gasteiger partial charge in [0, 0.05) is 23.6 Å². The second kappa shape index (κ2) is 3.86. The molecule has 1 aromatic carbocycles. The molecule has 0 aliphatic rings. The van der Waals surface area contributed by atoms with Crippen molar-refractivity contribution in [3.05, 3.63) is 41.8 Å². The number of methoxy groups -OCH3 is 1. The smallest absolute Gasteiger partial charge is 0.145 e. The summed E-state index contributed by atoms with van der Waals surface area (Å²) in [5.41, 5.74) is 2.86. The molecule has 0 bridgehead atoms. The molecule has 0 spiro atoms. The average Bonchev–Trinajstić information content (AvgIpc) is 2.74. The fraction of sp³-hybridized carbons (Fsp3) is 0.214. The monoisotopic (exact) mass is 227 g/mol. The number of benzene rings is 1. The number of pyridine rings is 1. The van der Waals surface area contributed by atoms with Gasteiger partial charge >= 0.3 is 0 Å². The minimum Gasteiger partial charge on any atom is -0.458 e. The fourth-order valence-corrected chi connectivity index (χ4v) is 2.13. The Labute approximate surface area is 99.0 Å². The zero-order valence-corrected chi connectivity index (χ0v) is 9.86. The number of aryl methyl sites for hydroxylation is 1. The van der Waals surface area contributed by atoms with Crippen LogP contribution in [-0.4, -0.2) is 12.1 Å². The molecule has 3 nitrogen and oxygen atoms in total. The van der Waals surface area contributed by atoms with E-state index in [4.69, 9.17) is 9.15 Å². The number of rotatable bonds is 2. The van der Waals surface area contributed by atoms with Gasteiger partial charge in [0.05, 0.1) is 5.52 Å². The molecule has 17 heavy (non-hydrogen) atoms. The lowest BCUT2D eigenvalue weighted by Gasteiger charge is -2.00. The Bertz CT molecular complexity index is 685. The highest BCUT2D eigenvalue weighted by atomic mass is 16.5. The Hall–Kier alpha value is -1.87. The molecule has 0 fully saturated rings. The van der Waals surface area contributed by atoms with Crippen molar-refractivity contribution < 1.29 is 9.15 Å². The van der Waals surface area contributed by atoms with Crippen LogP contribution in [0.25, 0.3) is 21.9 Å². The topological polar surface area (TPSA) is 35.3 Å². The molecule has 3 rings (SSSR count). The van der Waals surface area contributed by atoms with Crippen LogP contribution >= 0.6 is 0 Å². The lowest BCUT2D eigenvalue weighted by molar-refractivity contribution is 0.166. The summed E-state index contributed by atoms with van der Waals surface area (Å²) in [6, 6.07) is 10.0. The van der Waals surface area contributed by atoms with Crippen LogP contribution in [0.5, 0.6) is 0 Å². The molecule has 0 saturated heterocycles. The third kappa shape index (κ3) is 1.59. The first-order valence-corrected chi connectivity index (χ1v) is 5.56. The Morgan fingerprint density at radius 3 is 2.88 bits per heavy atom. The maximum atomic E-state index is 5.84. The van der Waals surface area contributed by atoms with Crippen molar-refractivity contribution in [2.75, 3.05) is 7.11 Å². The lowest BCUT2D eigenvalue weighted by Crippen LogP contribution is -1.84. The highest BCUT2D eigenvalue weighted by molar-refractivity contribution is 6.03. The van der Waals surface area contributed by atoms with Gasteiger partial charge in [0.1, 0.15) is 18.0 Å². The average molecular weight is 227 g/mol. The molecule has 0 atom stereocenters. The second-order valence-electron chi connectivity index (χ2n) is 4.10. The molecule has 0 unspecified atom stereocenters. The molecule has 86 valence electrons. The molecule has 0 N–H and O–H groups in total. The van der Waals surface area contributed by atoms with Gasteiger partial charge in [0.15, 0.2) is 0 Å². The van der Waals surface area contributed by atoms with Crippen molar-refractivity contribution in [2.45, 2.75) is 13.5 Å². The van der Waals surface area contributed by atoms with Gasteiger partial charge < -0.3 is 9.15 Å². The Morgan fingerprint density at radius 2 is 2.06 bits per heavy atom. The van der Waals surface area contributed by atoms with Crippen LogP contribution in [0.15, 0.2) is 34.7 Å². The van der Waals surface area contributed by atoms with Crippen molar-refractivity contribution >= 4 is 21.9 Å². The quantitative estimate of drug-likeness (QED) is 0.672. The van der Waals surface area contributed by atoms with Crippen molar-refractivity contribution in [3.63, 3.8) is 0 Å². The van der Waals surface area contributed by atoms with E-state index in [1.165, 1.54) is 0 Å². The Morgan fingerprint density at radius 1 is 1.24 bits per heavy atom. The van der Waals surface area contributed by atoms with Gasteiger partial charge in [-0.05, 0) is 25.1 Å². The minimum absolute atomic E-state index is 0.489. The molecule has 3 aromatic rings. The molecule has 0 aliphatic heterocycles.